The van der Waals surface area contributed by atoms with Crippen LogP contribution in [0.1, 0.15) is 41.0 Å². The Labute approximate surface area is 132 Å². The fraction of sp³-hybridized carbons (Fsp3) is 0.750. The summed E-state index contributed by atoms with van der Waals surface area (Å²) in [6, 6.07) is 2.18. The first-order chi connectivity index (χ1) is 10.2. The first-order valence-corrected chi connectivity index (χ1v) is 7.91. The van der Waals surface area contributed by atoms with Crippen LogP contribution in [0.5, 0.6) is 0 Å². The lowest BCUT2D eigenvalue weighted by Gasteiger charge is -2.37. The van der Waals surface area contributed by atoms with E-state index < -0.39 is 5.60 Å². The summed E-state index contributed by atoms with van der Waals surface area (Å²) in [6.07, 6.45) is 4.44. The highest BCUT2D eigenvalue weighted by Gasteiger charge is 2.44. The number of ether oxygens (including phenoxy) is 1. The van der Waals surface area contributed by atoms with Gasteiger partial charge in [0.15, 0.2) is 0 Å². The van der Waals surface area contributed by atoms with Crippen molar-refractivity contribution >= 4 is 6.09 Å². The lowest BCUT2D eigenvalue weighted by atomic mass is 9.96. The molecule has 6 nitrogen and oxygen atoms in total. The van der Waals surface area contributed by atoms with Crippen molar-refractivity contribution in [3.63, 3.8) is 0 Å². The summed E-state index contributed by atoms with van der Waals surface area (Å²) >= 11 is 0. The van der Waals surface area contributed by atoms with Gasteiger partial charge < -0.3 is 15.0 Å². The quantitative estimate of drug-likeness (QED) is 0.927. The molecule has 0 radical (unpaired) electrons. The van der Waals surface area contributed by atoms with Crippen molar-refractivity contribution in [2.24, 2.45) is 0 Å². The topological polar surface area (TPSA) is 59.4 Å². The molecule has 0 aromatic carbocycles. The van der Waals surface area contributed by atoms with Gasteiger partial charge in [0.1, 0.15) is 5.60 Å². The summed E-state index contributed by atoms with van der Waals surface area (Å²) in [6.45, 7) is 12.3. The van der Waals surface area contributed by atoms with Crippen LogP contribution in [0.15, 0.2) is 18.5 Å². The van der Waals surface area contributed by atoms with E-state index in [0.29, 0.717) is 0 Å². The van der Waals surface area contributed by atoms with Crippen LogP contribution in [0.4, 0.5) is 4.79 Å². The average molecular weight is 308 g/mol. The van der Waals surface area contributed by atoms with Gasteiger partial charge in [-0.05, 0) is 47.1 Å². The van der Waals surface area contributed by atoms with Gasteiger partial charge in [-0.25, -0.2) is 4.79 Å². The molecule has 1 atom stereocenters. The predicted octanol–water partition coefficient (Wildman–Crippen LogP) is 2.26. The summed E-state index contributed by atoms with van der Waals surface area (Å²) in [5, 5.41) is 7.74. The molecule has 1 aromatic heterocycles. The number of carbonyl (C=O) groups is 1. The Morgan fingerprint density at radius 3 is 2.77 bits per heavy atom. The fourth-order valence-electron chi connectivity index (χ4n) is 2.87. The Morgan fingerprint density at radius 1 is 1.45 bits per heavy atom. The van der Waals surface area contributed by atoms with Gasteiger partial charge in [0, 0.05) is 31.5 Å². The number of carbonyl (C=O) groups excluding carboxylic acids is 1. The van der Waals surface area contributed by atoms with Crippen LogP contribution in [-0.4, -0.2) is 51.0 Å². The van der Waals surface area contributed by atoms with E-state index in [0.717, 1.165) is 26.1 Å². The predicted molar refractivity (Wildman–Crippen MR) is 85.7 cm³/mol. The van der Waals surface area contributed by atoms with E-state index in [1.54, 1.807) is 6.20 Å². The van der Waals surface area contributed by atoms with Crippen molar-refractivity contribution in [1.29, 1.82) is 0 Å². The van der Waals surface area contributed by atoms with Gasteiger partial charge in [-0.15, -0.1) is 0 Å². The Morgan fingerprint density at radius 2 is 2.18 bits per heavy atom. The number of aromatic nitrogens is 2. The molecule has 2 heterocycles. The molecule has 22 heavy (non-hydrogen) atoms. The van der Waals surface area contributed by atoms with Gasteiger partial charge in [-0.1, -0.05) is 0 Å². The second-order valence-corrected chi connectivity index (χ2v) is 7.35. The molecule has 1 amide bonds. The molecule has 1 saturated heterocycles. The number of nitrogens with one attached hydrogen (secondary N) is 1. The first kappa shape index (κ1) is 16.8. The van der Waals surface area contributed by atoms with Crippen molar-refractivity contribution in [2.75, 3.05) is 13.1 Å². The zero-order chi connectivity index (χ0) is 16.4. The summed E-state index contributed by atoms with van der Waals surface area (Å²) < 4.78 is 7.42. The van der Waals surface area contributed by atoms with Crippen LogP contribution in [-0.2, 0) is 11.3 Å². The molecule has 124 valence electrons. The molecule has 0 saturated carbocycles. The molecule has 1 unspecified atom stereocenters. The lowest BCUT2D eigenvalue weighted by molar-refractivity contribution is 0.0109. The number of hydrogen-bond acceptors (Lipinski definition) is 4. The van der Waals surface area contributed by atoms with Gasteiger partial charge in [0.25, 0.3) is 0 Å². The molecular weight excluding hydrogens is 280 g/mol. The summed E-state index contributed by atoms with van der Waals surface area (Å²) in [5.74, 6) is 0. The second kappa shape index (κ2) is 6.28. The van der Waals surface area contributed by atoms with Crippen LogP contribution in [0.2, 0.25) is 0 Å². The van der Waals surface area contributed by atoms with Crippen LogP contribution in [0.3, 0.4) is 0 Å². The van der Waals surface area contributed by atoms with Crippen LogP contribution < -0.4 is 5.32 Å². The number of hydrogen-bond donors (Lipinski definition) is 1. The number of amides is 1. The minimum absolute atomic E-state index is 0.228. The van der Waals surface area contributed by atoms with Gasteiger partial charge in [0.2, 0.25) is 0 Å². The smallest absolute Gasteiger partial charge is 0.410 e. The van der Waals surface area contributed by atoms with E-state index >= 15 is 0 Å². The number of likely N-dealkylation sites (tertiary alicyclic amines) is 1. The molecule has 1 aliphatic rings. The van der Waals surface area contributed by atoms with E-state index in [1.165, 1.54) is 0 Å². The van der Waals surface area contributed by atoms with Crippen molar-refractivity contribution in [3.05, 3.63) is 18.5 Å². The summed E-state index contributed by atoms with van der Waals surface area (Å²) in [5.41, 5.74) is -0.717. The van der Waals surface area contributed by atoms with Gasteiger partial charge in [-0.2, -0.15) is 5.10 Å². The lowest BCUT2D eigenvalue weighted by Crippen LogP contribution is -2.54. The van der Waals surface area contributed by atoms with Crippen LogP contribution >= 0.6 is 0 Å². The van der Waals surface area contributed by atoms with E-state index in [9.17, 15) is 4.79 Å². The molecule has 1 aliphatic heterocycles. The average Bonchev–Trinajstić information content (AvgIpc) is 2.96. The molecule has 0 aliphatic carbocycles. The van der Waals surface area contributed by atoms with E-state index in [2.05, 4.69) is 24.3 Å². The van der Waals surface area contributed by atoms with Crippen molar-refractivity contribution in [2.45, 2.75) is 64.8 Å². The van der Waals surface area contributed by atoms with Gasteiger partial charge in [0.05, 0.1) is 12.1 Å². The first-order valence-electron chi connectivity index (χ1n) is 7.91. The zero-order valence-electron chi connectivity index (χ0n) is 14.3. The monoisotopic (exact) mass is 308 g/mol. The Kier molecular flexibility index (Phi) is 4.80. The standard InChI is InChI=1S/C16H28N4O2/c1-15(2,3)22-14(21)20-11-7-13(16(20,4)5)17-9-12-19-10-6-8-18-19/h6,8,10,13,17H,7,9,11-12H2,1-5H3. The third-order valence-corrected chi connectivity index (χ3v) is 4.09. The molecule has 1 aromatic rings. The molecule has 6 heteroatoms. The van der Waals surface area contributed by atoms with Crippen molar-refractivity contribution in [3.8, 4) is 0 Å². The Balaban J connectivity index is 1.88. The number of nitrogens with zero attached hydrogens (tertiary/aromatic N) is 3. The molecule has 0 spiro atoms. The van der Waals surface area contributed by atoms with Crippen LogP contribution in [0.25, 0.3) is 0 Å². The molecule has 1 fully saturated rings. The maximum atomic E-state index is 12.3. The Hall–Kier alpha value is -1.56. The molecular formula is C16H28N4O2. The van der Waals surface area contributed by atoms with E-state index in [1.807, 2.05) is 42.6 Å². The minimum Gasteiger partial charge on any atom is -0.444 e. The highest BCUT2D eigenvalue weighted by Crippen LogP contribution is 2.30. The SMILES string of the molecule is CC(C)(C)OC(=O)N1CCC(NCCn2cccn2)C1(C)C. The largest absolute Gasteiger partial charge is 0.444 e. The van der Waals surface area contributed by atoms with Crippen molar-refractivity contribution in [1.82, 2.24) is 20.0 Å². The maximum Gasteiger partial charge on any atom is 0.410 e. The highest BCUT2D eigenvalue weighted by atomic mass is 16.6. The molecule has 2 rings (SSSR count). The van der Waals surface area contributed by atoms with Gasteiger partial charge in [-0.3, -0.25) is 4.68 Å². The normalized spacial score (nSPS) is 21.1. The number of rotatable bonds is 4. The van der Waals surface area contributed by atoms with Crippen LogP contribution in [0, 0.1) is 0 Å². The zero-order valence-corrected chi connectivity index (χ0v) is 14.3. The molecule has 0 bridgehead atoms. The fourth-order valence-corrected chi connectivity index (χ4v) is 2.87. The Bertz CT molecular complexity index is 491. The summed E-state index contributed by atoms with van der Waals surface area (Å²) in [7, 11) is 0. The third kappa shape index (κ3) is 4.00. The molecule has 1 N–H and O–H groups in total. The second-order valence-electron chi connectivity index (χ2n) is 7.35. The minimum atomic E-state index is -0.460. The van der Waals surface area contributed by atoms with E-state index in [4.69, 9.17) is 4.74 Å². The summed E-state index contributed by atoms with van der Waals surface area (Å²) in [4.78, 5) is 14.2. The van der Waals surface area contributed by atoms with Crippen molar-refractivity contribution < 1.29 is 9.53 Å². The van der Waals surface area contributed by atoms with Gasteiger partial charge >= 0.3 is 6.09 Å². The van der Waals surface area contributed by atoms with E-state index in [-0.39, 0.29) is 17.7 Å². The highest BCUT2D eigenvalue weighted by molar-refractivity contribution is 5.69. The third-order valence-electron chi connectivity index (χ3n) is 4.09. The maximum absolute atomic E-state index is 12.3.